The van der Waals surface area contributed by atoms with Crippen molar-refractivity contribution in [2.75, 3.05) is 6.54 Å². The Labute approximate surface area is 90.0 Å². The molecule has 0 fully saturated rings. The van der Waals surface area contributed by atoms with Gasteiger partial charge in [-0.1, -0.05) is 6.92 Å². The number of carboxylic acids is 1. The maximum atomic E-state index is 12.4. The lowest BCUT2D eigenvalue weighted by atomic mass is 10.0. The number of carbonyl (C=O) groups excluding carboxylic acids is 1. The predicted octanol–water partition coefficient (Wildman–Crippen LogP) is 1.10. The van der Waals surface area contributed by atoms with E-state index in [1.165, 1.54) is 5.32 Å². The molecule has 0 radical (unpaired) electrons. The molecule has 5 nitrogen and oxygen atoms in total. The van der Waals surface area contributed by atoms with Gasteiger partial charge >= 0.3 is 18.2 Å². The second-order valence-electron chi connectivity index (χ2n) is 3.31. The van der Waals surface area contributed by atoms with Crippen LogP contribution in [-0.4, -0.2) is 35.4 Å². The van der Waals surface area contributed by atoms with Gasteiger partial charge in [0.25, 0.3) is 0 Å². The topological polar surface area (TPSA) is 78.4 Å². The molecular formula is C8H13F3N2O3. The van der Waals surface area contributed by atoms with Crippen molar-refractivity contribution in [2.45, 2.75) is 32.0 Å². The monoisotopic (exact) mass is 242 g/mol. The van der Waals surface area contributed by atoms with Crippen LogP contribution in [0.15, 0.2) is 0 Å². The van der Waals surface area contributed by atoms with Crippen LogP contribution in [0.25, 0.3) is 0 Å². The highest BCUT2D eigenvalue weighted by atomic mass is 19.4. The van der Waals surface area contributed by atoms with Crippen LogP contribution >= 0.6 is 0 Å². The number of rotatable bonds is 4. The zero-order valence-corrected chi connectivity index (χ0v) is 8.81. The van der Waals surface area contributed by atoms with E-state index >= 15 is 0 Å². The van der Waals surface area contributed by atoms with Gasteiger partial charge in [0.05, 0.1) is 0 Å². The zero-order chi connectivity index (χ0) is 13.0. The standard InChI is InChI=1S/C8H13F3N2O3/c1-3-4-12-6(16)13-7(2,5(14)15)8(9,10)11/h3-4H2,1-2H3,(H,14,15)(H2,12,13,16). The van der Waals surface area contributed by atoms with Crippen molar-refractivity contribution >= 4 is 12.0 Å². The van der Waals surface area contributed by atoms with Crippen molar-refractivity contribution in [1.29, 1.82) is 0 Å². The number of hydrogen-bond donors (Lipinski definition) is 3. The minimum atomic E-state index is -5.07. The van der Waals surface area contributed by atoms with Crippen LogP contribution in [0.2, 0.25) is 0 Å². The van der Waals surface area contributed by atoms with Gasteiger partial charge in [-0.15, -0.1) is 0 Å². The summed E-state index contributed by atoms with van der Waals surface area (Å²) in [6.07, 6.45) is -4.54. The second-order valence-corrected chi connectivity index (χ2v) is 3.31. The molecule has 0 saturated carbocycles. The summed E-state index contributed by atoms with van der Waals surface area (Å²) in [6.45, 7) is 2.26. The molecule has 0 aromatic heterocycles. The fraction of sp³-hybridized carbons (Fsp3) is 0.750. The predicted molar refractivity (Wildman–Crippen MR) is 48.9 cm³/mol. The van der Waals surface area contributed by atoms with Crippen LogP contribution in [0, 0.1) is 0 Å². The van der Waals surface area contributed by atoms with Crippen LogP contribution < -0.4 is 10.6 Å². The van der Waals surface area contributed by atoms with Gasteiger partial charge in [-0.2, -0.15) is 13.2 Å². The Morgan fingerprint density at radius 2 is 1.81 bits per heavy atom. The molecule has 0 aliphatic carbocycles. The summed E-state index contributed by atoms with van der Waals surface area (Å²) in [6, 6.07) is -1.16. The molecule has 0 aromatic rings. The molecule has 16 heavy (non-hydrogen) atoms. The van der Waals surface area contributed by atoms with E-state index in [-0.39, 0.29) is 6.54 Å². The highest BCUT2D eigenvalue weighted by molar-refractivity contribution is 5.86. The molecule has 0 spiro atoms. The molecule has 1 atom stereocenters. The van der Waals surface area contributed by atoms with Crippen molar-refractivity contribution in [1.82, 2.24) is 10.6 Å². The average Bonchev–Trinajstić information content (AvgIpc) is 2.12. The molecule has 0 aliphatic rings. The maximum absolute atomic E-state index is 12.4. The Hall–Kier alpha value is -1.47. The third-order valence-electron chi connectivity index (χ3n) is 1.89. The minimum absolute atomic E-state index is 0.166. The zero-order valence-electron chi connectivity index (χ0n) is 8.81. The molecule has 3 N–H and O–H groups in total. The lowest BCUT2D eigenvalue weighted by Crippen LogP contribution is -2.63. The van der Waals surface area contributed by atoms with E-state index in [9.17, 15) is 22.8 Å². The van der Waals surface area contributed by atoms with Crippen molar-refractivity contribution in [3.05, 3.63) is 0 Å². The smallest absolute Gasteiger partial charge is 0.422 e. The highest BCUT2D eigenvalue weighted by Gasteiger charge is 2.58. The lowest BCUT2D eigenvalue weighted by Gasteiger charge is -2.28. The molecule has 0 aliphatic heterocycles. The third-order valence-corrected chi connectivity index (χ3v) is 1.89. The van der Waals surface area contributed by atoms with Gasteiger partial charge in [0.1, 0.15) is 0 Å². The summed E-state index contributed by atoms with van der Waals surface area (Å²) in [5, 5.41) is 12.0. The van der Waals surface area contributed by atoms with Crippen LogP contribution in [0.5, 0.6) is 0 Å². The summed E-state index contributed by atoms with van der Waals surface area (Å²) < 4.78 is 37.2. The molecule has 0 bridgehead atoms. The average molecular weight is 242 g/mol. The summed E-state index contributed by atoms with van der Waals surface area (Å²) in [5.41, 5.74) is -3.29. The van der Waals surface area contributed by atoms with Crippen LogP contribution in [0.1, 0.15) is 20.3 Å². The van der Waals surface area contributed by atoms with Crippen molar-refractivity contribution < 1.29 is 27.9 Å². The first-order valence-electron chi connectivity index (χ1n) is 4.51. The second kappa shape index (κ2) is 5.04. The van der Waals surface area contributed by atoms with E-state index in [4.69, 9.17) is 5.11 Å². The highest BCUT2D eigenvalue weighted by Crippen LogP contribution is 2.30. The number of carboxylic acid groups (broad SMARTS) is 1. The summed E-state index contributed by atoms with van der Waals surface area (Å²) in [7, 11) is 0. The number of urea groups is 1. The Morgan fingerprint density at radius 3 is 2.12 bits per heavy atom. The molecule has 94 valence electrons. The van der Waals surface area contributed by atoms with Gasteiger partial charge in [-0.3, -0.25) is 0 Å². The number of aliphatic carboxylic acids is 1. The van der Waals surface area contributed by atoms with E-state index < -0.39 is 23.7 Å². The van der Waals surface area contributed by atoms with E-state index in [0.717, 1.165) is 0 Å². The third kappa shape index (κ3) is 3.28. The molecule has 1 unspecified atom stereocenters. The van der Waals surface area contributed by atoms with Gasteiger partial charge < -0.3 is 15.7 Å². The van der Waals surface area contributed by atoms with Crippen molar-refractivity contribution in [3.8, 4) is 0 Å². The Kier molecular flexibility index (Phi) is 4.58. The SMILES string of the molecule is CCCNC(=O)NC(C)(C(=O)O)C(F)(F)F. The first-order valence-corrected chi connectivity index (χ1v) is 4.51. The first-order chi connectivity index (χ1) is 7.15. The maximum Gasteiger partial charge on any atom is 0.422 e. The first kappa shape index (κ1) is 14.5. The Balaban J connectivity index is 4.71. The number of amides is 2. The number of alkyl halides is 3. The number of nitrogens with one attached hydrogen (secondary N) is 2. The normalized spacial score (nSPS) is 15.1. The summed E-state index contributed by atoms with van der Waals surface area (Å²) in [4.78, 5) is 21.5. The fourth-order valence-electron chi connectivity index (χ4n) is 0.755. The summed E-state index contributed by atoms with van der Waals surface area (Å²) in [5.74, 6) is -2.16. The number of hydrogen-bond acceptors (Lipinski definition) is 2. The van der Waals surface area contributed by atoms with E-state index in [2.05, 4.69) is 5.32 Å². The van der Waals surface area contributed by atoms with Crippen LogP contribution in [-0.2, 0) is 4.79 Å². The Bertz CT molecular complexity index is 280. The lowest BCUT2D eigenvalue weighted by molar-refractivity contribution is -0.203. The van der Waals surface area contributed by atoms with Gasteiger partial charge in [0.15, 0.2) is 0 Å². The molecule has 0 saturated heterocycles. The molecule has 0 rings (SSSR count). The molecule has 0 aromatic carbocycles. The summed E-state index contributed by atoms with van der Waals surface area (Å²) >= 11 is 0. The van der Waals surface area contributed by atoms with Gasteiger partial charge in [-0.05, 0) is 13.3 Å². The van der Waals surface area contributed by atoms with Crippen LogP contribution in [0.4, 0.5) is 18.0 Å². The fourth-order valence-corrected chi connectivity index (χ4v) is 0.755. The van der Waals surface area contributed by atoms with E-state index in [1.54, 1.807) is 6.92 Å². The Morgan fingerprint density at radius 1 is 1.31 bits per heavy atom. The molecule has 2 amide bonds. The van der Waals surface area contributed by atoms with Crippen molar-refractivity contribution in [3.63, 3.8) is 0 Å². The van der Waals surface area contributed by atoms with Crippen molar-refractivity contribution in [2.24, 2.45) is 0 Å². The van der Waals surface area contributed by atoms with E-state index in [0.29, 0.717) is 13.3 Å². The largest absolute Gasteiger partial charge is 0.479 e. The molecule has 0 heterocycles. The van der Waals surface area contributed by atoms with Gasteiger partial charge in [-0.25, -0.2) is 9.59 Å². The minimum Gasteiger partial charge on any atom is -0.479 e. The molecule has 8 heteroatoms. The quantitative estimate of drug-likeness (QED) is 0.690. The van der Waals surface area contributed by atoms with Crippen LogP contribution in [0.3, 0.4) is 0 Å². The number of halogens is 3. The molecular weight excluding hydrogens is 229 g/mol. The van der Waals surface area contributed by atoms with Gasteiger partial charge in [0.2, 0.25) is 5.54 Å². The van der Waals surface area contributed by atoms with E-state index in [1.807, 2.05) is 0 Å². The van der Waals surface area contributed by atoms with Gasteiger partial charge in [0, 0.05) is 6.54 Å². The number of carbonyl (C=O) groups is 2.